The average Bonchev–Trinajstić information content (AvgIpc) is 3.14. The lowest BCUT2D eigenvalue weighted by molar-refractivity contribution is 0.363. The minimum absolute atomic E-state index is 0.0599. The standard InChI is InChI=1S/C16H21N7S/c1-16(17)3-6-23(7-4-16)12-10-19-13-11(21-12)9-20-14(13)24-15-18-5-8-22(15)2/h5,8,10H,3-4,6-7,9,17H2,1-2H3. The van der Waals surface area contributed by atoms with Crippen molar-refractivity contribution in [2.75, 3.05) is 18.0 Å². The summed E-state index contributed by atoms with van der Waals surface area (Å²) in [6.07, 6.45) is 7.52. The van der Waals surface area contributed by atoms with Gasteiger partial charge in [0.1, 0.15) is 16.6 Å². The van der Waals surface area contributed by atoms with Crippen LogP contribution in [-0.4, -0.2) is 43.2 Å². The van der Waals surface area contributed by atoms with Crippen molar-refractivity contribution >= 4 is 22.6 Å². The summed E-state index contributed by atoms with van der Waals surface area (Å²) in [5.41, 5.74) is 7.98. The summed E-state index contributed by atoms with van der Waals surface area (Å²) >= 11 is 1.54. The van der Waals surface area contributed by atoms with E-state index in [0.717, 1.165) is 53.3 Å². The van der Waals surface area contributed by atoms with Gasteiger partial charge in [-0.3, -0.25) is 4.99 Å². The second kappa shape index (κ2) is 5.86. The predicted molar refractivity (Wildman–Crippen MR) is 95.4 cm³/mol. The van der Waals surface area contributed by atoms with E-state index in [2.05, 4.69) is 26.8 Å². The number of fused-ring (bicyclic) bond motifs is 1. The van der Waals surface area contributed by atoms with Gasteiger partial charge in [-0.15, -0.1) is 0 Å². The van der Waals surface area contributed by atoms with Gasteiger partial charge < -0.3 is 15.2 Å². The Morgan fingerprint density at radius 1 is 1.25 bits per heavy atom. The van der Waals surface area contributed by atoms with E-state index in [1.807, 2.05) is 24.0 Å². The molecule has 24 heavy (non-hydrogen) atoms. The SMILES string of the molecule is Cn1ccnc1SC1=NCc2nc(N3CCC(C)(N)CC3)cnc21. The van der Waals surface area contributed by atoms with Gasteiger partial charge in [-0.05, 0) is 31.5 Å². The van der Waals surface area contributed by atoms with Gasteiger partial charge in [0.25, 0.3) is 0 Å². The molecule has 126 valence electrons. The van der Waals surface area contributed by atoms with Gasteiger partial charge in [0.15, 0.2) is 5.16 Å². The second-order valence-corrected chi connectivity index (χ2v) is 7.66. The quantitative estimate of drug-likeness (QED) is 0.891. The number of hydrogen-bond donors (Lipinski definition) is 1. The van der Waals surface area contributed by atoms with Gasteiger partial charge in [-0.2, -0.15) is 0 Å². The third-order valence-electron chi connectivity index (χ3n) is 4.60. The number of imidazole rings is 1. The van der Waals surface area contributed by atoms with Gasteiger partial charge in [0, 0.05) is 38.1 Å². The minimum atomic E-state index is -0.0599. The van der Waals surface area contributed by atoms with E-state index in [9.17, 15) is 0 Å². The highest BCUT2D eigenvalue weighted by Crippen LogP contribution is 2.29. The lowest BCUT2D eigenvalue weighted by Gasteiger charge is -2.37. The van der Waals surface area contributed by atoms with Crippen LogP contribution >= 0.6 is 11.8 Å². The Kier molecular flexibility index (Phi) is 3.80. The van der Waals surface area contributed by atoms with Crippen molar-refractivity contribution in [3.63, 3.8) is 0 Å². The number of piperidine rings is 1. The number of nitrogens with zero attached hydrogens (tertiary/aromatic N) is 6. The van der Waals surface area contributed by atoms with Crippen molar-refractivity contribution in [1.82, 2.24) is 19.5 Å². The number of hydrogen-bond acceptors (Lipinski definition) is 7. The minimum Gasteiger partial charge on any atom is -0.355 e. The maximum Gasteiger partial charge on any atom is 0.174 e. The van der Waals surface area contributed by atoms with Crippen molar-refractivity contribution < 1.29 is 0 Å². The Hall–Kier alpha value is -1.93. The van der Waals surface area contributed by atoms with E-state index < -0.39 is 0 Å². The van der Waals surface area contributed by atoms with Crippen LogP contribution in [0.1, 0.15) is 31.2 Å². The van der Waals surface area contributed by atoms with Crippen molar-refractivity contribution in [2.45, 2.75) is 37.0 Å². The molecule has 0 bridgehead atoms. The molecule has 8 heteroatoms. The second-order valence-electron chi connectivity index (χ2n) is 6.71. The number of thioether (sulfide) groups is 1. The van der Waals surface area contributed by atoms with Crippen molar-refractivity contribution in [1.29, 1.82) is 0 Å². The molecule has 2 aliphatic rings. The molecule has 0 radical (unpaired) electrons. The summed E-state index contributed by atoms with van der Waals surface area (Å²) < 4.78 is 1.98. The molecule has 2 N–H and O–H groups in total. The molecule has 4 rings (SSSR count). The number of aryl methyl sites for hydroxylation is 1. The Bertz CT molecular complexity index is 785. The zero-order chi connectivity index (χ0) is 16.7. The number of aromatic nitrogens is 4. The summed E-state index contributed by atoms with van der Waals surface area (Å²) in [5.74, 6) is 0.933. The highest BCUT2D eigenvalue weighted by molar-refractivity contribution is 8.14. The number of aliphatic imine (C=N–C) groups is 1. The molecular formula is C16H21N7S. The molecule has 2 aromatic rings. The van der Waals surface area contributed by atoms with Crippen LogP contribution in [0.2, 0.25) is 0 Å². The van der Waals surface area contributed by atoms with Crippen LogP contribution in [0.5, 0.6) is 0 Å². The van der Waals surface area contributed by atoms with Crippen LogP contribution in [0, 0.1) is 0 Å². The summed E-state index contributed by atoms with van der Waals surface area (Å²) in [7, 11) is 1.97. The average molecular weight is 343 g/mol. The van der Waals surface area contributed by atoms with E-state index in [4.69, 9.17) is 10.7 Å². The first kappa shape index (κ1) is 15.6. The fraction of sp³-hybridized carbons (Fsp3) is 0.500. The normalized spacial score (nSPS) is 19.3. The van der Waals surface area contributed by atoms with E-state index in [0.29, 0.717) is 6.54 Å². The molecule has 1 saturated heterocycles. The fourth-order valence-electron chi connectivity index (χ4n) is 2.94. The van der Waals surface area contributed by atoms with Crippen LogP contribution < -0.4 is 10.6 Å². The predicted octanol–water partition coefficient (Wildman–Crippen LogP) is 1.58. The molecule has 2 aromatic heterocycles. The molecule has 0 atom stereocenters. The van der Waals surface area contributed by atoms with Crippen LogP contribution in [-0.2, 0) is 13.6 Å². The van der Waals surface area contributed by atoms with Crippen molar-refractivity contribution in [3.8, 4) is 0 Å². The van der Waals surface area contributed by atoms with Crippen LogP contribution in [0.15, 0.2) is 28.7 Å². The first-order valence-electron chi connectivity index (χ1n) is 8.12. The number of anilines is 1. The Morgan fingerprint density at radius 2 is 2.04 bits per heavy atom. The third-order valence-corrected chi connectivity index (χ3v) is 5.69. The molecule has 2 aliphatic heterocycles. The number of rotatable bonds is 2. The van der Waals surface area contributed by atoms with Crippen LogP contribution in [0.4, 0.5) is 5.82 Å². The van der Waals surface area contributed by atoms with Crippen LogP contribution in [0.3, 0.4) is 0 Å². The molecule has 4 heterocycles. The van der Waals surface area contributed by atoms with Gasteiger partial charge >= 0.3 is 0 Å². The molecule has 0 aliphatic carbocycles. The van der Waals surface area contributed by atoms with E-state index in [1.54, 1.807) is 6.20 Å². The molecule has 0 amide bonds. The lowest BCUT2D eigenvalue weighted by Crippen LogP contribution is -2.48. The molecule has 1 fully saturated rings. The monoisotopic (exact) mass is 343 g/mol. The molecular weight excluding hydrogens is 322 g/mol. The molecule has 0 aromatic carbocycles. The van der Waals surface area contributed by atoms with Gasteiger partial charge in [-0.1, -0.05) is 0 Å². The van der Waals surface area contributed by atoms with Crippen molar-refractivity contribution in [3.05, 3.63) is 30.0 Å². The molecule has 7 nitrogen and oxygen atoms in total. The van der Waals surface area contributed by atoms with Gasteiger partial charge in [0.05, 0.1) is 18.4 Å². The maximum atomic E-state index is 6.21. The third kappa shape index (κ3) is 2.91. The fourth-order valence-corrected chi connectivity index (χ4v) is 3.83. The Balaban J connectivity index is 1.51. The summed E-state index contributed by atoms with van der Waals surface area (Å²) in [6, 6.07) is 0. The Morgan fingerprint density at radius 3 is 2.75 bits per heavy atom. The van der Waals surface area contributed by atoms with Gasteiger partial charge in [-0.25, -0.2) is 15.0 Å². The highest BCUT2D eigenvalue weighted by atomic mass is 32.2. The lowest BCUT2D eigenvalue weighted by atomic mass is 9.91. The van der Waals surface area contributed by atoms with Crippen LogP contribution in [0.25, 0.3) is 0 Å². The summed E-state index contributed by atoms with van der Waals surface area (Å²) in [6.45, 7) is 4.56. The van der Waals surface area contributed by atoms with E-state index in [1.165, 1.54) is 11.8 Å². The topological polar surface area (TPSA) is 85.2 Å². The highest BCUT2D eigenvalue weighted by Gasteiger charge is 2.28. The first-order valence-corrected chi connectivity index (χ1v) is 8.93. The smallest absolute Gasteiger partial charge is 0.174 e. The zero-order valence-electron chi connectivity index (χ0n) is 13.9. The molecule has 0 saturated carbocycles. The first-order chi connectivity index (χ1) is 11.5. The zero-order valence-corrected chi connectivity index (χ0v) is 14.8. The number of nitrogens with two attached hydrogens (primary N) is 1. The van der Waals surface area contributed by atoms with Crippen molar-refractivity contribution in [2.24, 2.45) is 17.8 Å². The summed E-state index contributed by atoms with van der Waals surface area (Å²) in [4.78, 5) is 20.6. The van der Waals surface area contributed by atoms with E-state index >= 15 is 0 Å². The maximum absolute atomic E-state index is 6.21. The molecule has 0 spiro atoms. The molecule has 0 unspecified atom stereocenters. The largest absolute Gasteiger partial charge is 0.355 e. The Labute approximate surface area is 145 Å². The summed E-state index contributed by atoms with van der Waals surface area (Å²) in [5, 5.41) is 1.80. The van der Waals surface area contributed by atoms with E-state index in [-0.39, 0.29) is 5.54 Å². The van der Waals surface area contributed by atoms with Gasteiger partial charge in [0.2, 0.25) is 0 Å².